The van der Waals surface area contributed by atoms with Gasteiger partial charge in [-0.05, 0) is 38.1 Å². The molecule has 0 aromatic heterocycles. The normalized spacial score (nSPS) is 20.1. The Kier molecular flexibility index (Phi) is 5.68. The molecule has 96 valence electrons. The average Bonchev–Trinajstić information content (AvgIpc) is 2.28. The summed E-state index contributed by atoms with van der Waals surface area (Å²) in [5.41, 5.74) is 5.50. The van der Waals surface area contributed by atoms with Gasteiger partial charge in [-0.1, -0.05) is 6.92 Å². The molecule has 1 heterocycles. The molecule has 16 heavy (non-hydrogen) atoms. The third kappa shape index (κ3) is 4.01. The topological polar surface area (TPSA) is 75.4 Å². The standard InChI is InChI=1S/C10H23N3O2S/c1-2-7-12-16(14,15)13-8-4-10(3-6-11)5-9-13/h10,12H,2-9,11H2,1H3. The highest BCUT2D eigenvalue weighted by Gasteiger charge is 2.26. The Hall–Kier alpha value is -0.170. The van der Waals surface area contributed by atoms with Crippen molar-refractivity contribution in [3.63, 3.8) is 0 Å². The van der Waals surface area contributed by atoms with E-state index in [1.807, 2.05) is 6.92 Å². The lowest BCUT2D eigenvalue weighted by Gasteiger charge is -2.30. The first-order chi connectivity index (χ1) is 7.60. The first-order valence-electron chi connectivity index (χ1n) is 6.05. The molecule has 1 saturated heterocycles. The predicted octanol–water partition coefficient (Wildman–Crippen LogP) is 0.292. The number of hydrogen-bond acceptors (Lipinski definition) is 3. The lowest BCUT2D eigenvalue weighted by atomic mass is 9.95. The van der Waals surface area contributed by atoms with Crippen molar-refractivity contribution >= 4 is 10.2 Å². The van der Waals surface area contributed by atoms with Crippen LogP contribution in [0.2, 0.25) is 0 Å². The fraction of sp³-hybridized carbons (Fsp3) is 1.00. The molecule has 0 saturated carbocycles. The van der Waals surface area contributed by atoms with Crippen molar-refractivity contribution < 1.29 is 8.42 Å². The number of nitrogens with zero attached hydrogens (tertiary/aromatic N) is 1. The molecule has 3 N–H and O–H groups in total. The SMILES string of the molecule is CCCNS(=O)(=O)N1CCC(CCN)CC1. The van der Waals surface area contributed by atoms with Crippen molar-refractivity contribution in [1.82, 2.24) is 9.03 Å². The Balaban J connectivity index is 2.40. The van der Waals surface area contributed by atoms with Gasteiger partial charge in [0, 0.05) is 19.6 Å². The smallest absolute Gasteiger partial charge is 0.279 e. The molecule has 0 atom stereocenters. The highest BCUT2D eigenvalue weighted by molar-refractivity contribution is 7.87. The van der Waals surface area contributed by atoms with E-state index in [0.29, 0.717) is 32.1 Å². The molecule has 0 aromatic rings. The molecule has 1 aliphatic rings. The van der Waals surface area contributed by atoms with Gasteiger partial charge >= 0.3 is 0 Å². The van der Waals surface area contributed by atoms with E-state index in [-0.39, 0.29) is 0 Å². The highest BCUT2D eigenvalue weighted by atomic mass is 32.2. The first-order valence-corrected chi connectivity index (χ1v) is 7.49. The van der Waals surface area contributed by atoms with Crippen molar-refractivity contribution in [2.75, 3.05) is 26.2 Å². The van der Waals surface area contributed by atoms with Gasteiger partial charge in [-0.2, -0.15) is 12.7 Å². The molecular formula is C10H23N3O2S. The molecule has 0 spiro atoms. The number of hydrogen-bond donors (Lipinski definition) is 2. The highest BCUT2D eigenvalue weighted by Crippen LogP contribution is 2.21. The van der Waals surface area contributed by atoms with E-state index in [0.717, 1.165) is 25.7 Å². The third-order valence-corrected chi connectivity index (χ3v) is 4.64. The molecule has 1 fully saturated rings. The predicted molar refractivity (Wildman–Crippen MR) is 65.2 cm³/mol. The van der Waals surface area contributed by atoms with Crippen LogP contribution in [0.1, 0.15) is 32.6 Å². The zero-order valence-electron chi connectivity index (χ0n) is 9.98. The van der Waals surface area contributed by atoms with Crippen LogP contribution in [0.25, 0.3) is 0 Å². The Morgan fingerprint density at radius 1 is 1.38 bits per heavy atom. The lowest BCUT2D eigenvalue weighted by molar-refractivity contribution is 0.263. The second-order valence-corrected chi connectivity index (χ2v) is 6.07. The zero-order chi connectivity index (χ0) is 12.0. The van der Waals surface area contributed by atoms with Gasteiger partial charge in [-0.25, -0.2) is 4.72 Å². The van der Waals surface area contributed by atoms with E-state index < -0.39 is 10.2 Å². The fourth-order valence-electron chi connectivity index (χ4n) is 2.00. The first kappa shape index (κ1) is 13.9. The zero-order valence-corrected chi connectivity index (χ0v) is 10.8. The van der Waals surface area contributed by atoms with Crippen LogP contribution in [0.5, 0.6) is 0 Å². The second kappa shape index (κ2) is 6.54. The molecule has 0 aromatic carbocycles. The molecular weight excluding hydrogens is 226 g/mol. The van der Waals surface area contributed by atoms with Crippen molar-refractivity contribution in [2.24, 2.45) is 11.7 Å². The monoisotopic (exact) mass is 249 g/mol. The average molecular weight is 249 g/mol. The quantitative estimate of drug-likeness (QED) is 0.710. The van der Waals surface area contributed by atoms with Crippen LogP contribution in [0.3, 0.4) is 0 Å². The summed E-state index contributed by atoms with van der Waals surface area (Å²) in [6.07, 6.45) is 3.70. The van der Waals surface area contributed by atoms with Gasteiger partial charge in [0.05, 0.1) is 0 Å². The Bertz CT molecular complexity index is 284. The summed E-state index contributed by atoms with van der Waals surface area (Å²) in [6, 6.07) is 0. The minimum Gasteiger partial charge on any atom is -0.330 e. The summed E-state index contributed by atoms with van der Waals surface area (Å²) in [5.74, 6) is 0.600. The maximum Gasteiger partial charge on any atom is 0.279 e. The third-order valence-electron chi connectivity index (χ3n) is 3.02. The van der Waals surface area contributed by atoms with Crippen molar-refractivity contribution in [1.29, 1.82) is 0 Å². The molecule has 1 rings (SSSR count). The van der Waals surface area contributed by atoms with E-state index in [2.05, 4.69) is 4.72 Å². The molecule has 0 aliphatic carbocycles. The number of piperidine rings is 1. The number of rotatable bonds is 6. The number of nitrogens with two attached hydrogens (primary N) is 1. The van der Waals surface area contributed by atoms with E-state index in [4.69, 9.17) is 5.73 Å². The van der Waals surface area contributed by atoms with Gasteiger partial charge in [0.1, 0.15) is 0 Å². The van der Waals surface area contributed by atoms with E-state index >= 15 is 0 Å². The van der Waals surface area contributed by atoms with Crippen LogP contribution in [0.4, 0.5) is 0 Å². The molecule has 6 heteroatoms. The molecule has 0 amide bonds. The van der Waals surface area contributed by atoms with Gasteiger partial charge in [-0.15, -0.1) is 0 Å². The van der Waals surface area contributed by atoms with Gasteiger partial charge in [0.2, 0.25) is 0 Å². The fourth-order valence-corrected chi connectivity index (χ4v) is 3.33. The van der Waals surface area contributed by atoms with Crippen LogP contribution in [0, 0.1) is 5.92 Å². The summed E-state index contributed by atoms with van der Waals surface area (Å²) in [7, 11) is -3.23. The molecule has 5 nitrogen and oxygen atoms in total. The minimum absolute atomic E-state index is 0.519. The summed E-state index contributed by atoms with van der Waals surface area (Å²) in [5, 5.41) is 0. The van der Waals surface area contributed by atoms with Crippen molar-refractivity contribution in [2.45, 2.75) is 32.6 Å². The van der Waals surface area contributed by atoms with Gasteiger partial charge in [-0.3, -0.25) is 0 Å². The van der Waals surface area contributed by atoms with Crippen molar-refractivity contribution in [3.8, 4) is 0 Å². The van der Waals surface area contributed by atoms with Crippen LogP contribution >= 0.6 is 0 Å². The molecule has 0 radical (unpaired) electrons. The molecule has 0 bridgehead atoms. The Morgan fingerprint density at radius 2 is 2.00 bits per heavy atom. The summed E-state index contributed by atoms with van der Waals surface area (Å²) in [4.78, 5) is 0. The van der Waals surface area contributed by atoms with Gasteiger partial charge in [0.15, 0.2) is 0 Å². The maximum atomic E-state index is 11.8. The summed E-state index contributed by atoms with van der Waals surface area (Å²) >= 11 is 0. The Labute approximate surface area is 98.6 Å². The van der Waals surface area contributed by atoms with Crippen LogP contribution in [0.15, 0.2) is 0 Å². The molecule has 0 unspecified atom stereocenters. The summed E-state index contributed by atoms with van der Waals surface area (Å²) < 4.78 is 27.7. The van der Waals surface area contributed by atoms with Crippen LogP contribution < -0.4 is 10.5 Å². The molecule has 1 aliphatic heterocycles. The van der Waals surface area contributed by atoms with E-state index in [9.17, 15) is 8.42 Å². The van der Waals surface area contributed by atoms with Crippen molar-refractivity contribution in [3.05, 3.63) is 0 Å². The minimum atomic E-state index is -3.23. The van der Waals surface area contributed by atoms with Gasteiger partial charge in [0.25, 0.3) is 10.2 Å². The maximum absolute atomic E-state index is 11.8. The van der Waals surface area contributed by atoms with Gasteiger partial charge < -0.3 is 5.73 Å². The van der Waals surface area contributed by atoms with Crippen LogP contribution in [-0.4, -0.2) is 38.9 Å². The second-order valence-electron chi connectivity index (χ2n) is 4.32. The lowest BCUT2D eigenvalue weighted by Crippen LogP contribution is -2.45. The summed E-state index contributed by atoms with van der Waals surface area (Å²) in [6.45, 7) is 4.43. The number of nitrogens with one attached hydrogen (secondary N) is 1. The van der Waals surface area contributed by atoms with E-state index in [1.165, 1.54) is 0 Å². The van der Waals surface area contributed by atoms with E-state index in [1.54, 1.807) is 4.31 Å². The largest absolute Gasteiger partial charge is 0.330 e. The Morgan fingerprint density at radius 3 is 2.50 bits per heavy atom. The van der Waals surface area contributed by atoms with Crippen LogP contribution in [-0.2, 0) is 10.2 Å².